The van der Waals surface area contributed by atoms with Gasteiger partial charge in [0, 0.05) is 32.4 Å². The van der Waals surface area contributed by atoms with Crippen LogP contribution in [-0.4, -0.2) is 33.9 Å². The van der Waals surface area contributed by atoms with Gasteiger partial charge in [-0.15, -0.1) is 0 Å². The van der Waals surface area contributed by atoms with Gasteiger partial charge in [0.25, 0.3) is 0 Å². The van der Waals surface area contributed by atoms with E-state index in [2.05, 4.69) is 37.6 Å². The summed E-state index contributed by atoms with van der Waals surface area (Å²) in [4.78, 5) is 2.49. The van der Waals surface area contributed by atoms with E-state index in [1.54, 1.807) is 11.3 Å². The first-order valence-corrected chi connectivity index (χ1v) is 8.67. The van der Waals surface area contributed by atoms with Crippen LogP contribution in [0.2, 0.25) is 0 Å². The summed E-state index contributed by atoms with van der Waals surface area (Å²) in [5.41, 5.74) is 2.69. The van der Waals surface area contributed by atoms with Crippen LogP contribution in [0.15, 0.2) is 29.1 Å². The molecule has 21 heavy (non-hydrogen) atoms. The molecule has 1 fully saturated rings. The minimum atomic E-state index is 0.255. The monoisotopic (exact) mass is 303 g/mol. The largest absolute Gasteiger partial charge is 0.375 e. The van der Waals surface area contributed by atoms with Crippen LogP contribution < -0.4 is 0 Å². The fourth-order valence-corrected chi connectivity index (χ4v) is 3.57. The summed E-state index contributed by atoms with van der Waals surface area (Å²) in [6, 6.07) is 4.34. The summed E-state index contributed by atoms with van der Waals surface area (Å²) in [5, 5.41) is 8.84. The third kappa shape index (κ3) is 3.36. The number of fused-ring (bicyclic) bond motifs is 1. The van der Waals surface area contributed by atoms with Gasteiger partial charge in [-0.2, -0.15) is 16.4 Å². The van der Waals surface area contributed by atoms with Gasteiger partial charge in [-0.1, -0.05) is 0 Å². The van der Waals surface area contributed by atoms with Crippen molar-refractivity contribution in [2.24, 2.45) is 5.92 Å². The molecule has 112 valence electrons. The molecule has 0 spiro atoms. The van der Waals surface area contributed by atoms with Crippen molar-refractivity contribution in [1.82, 2.24) is 14.7 Å². The Hall–Kier alpha value is -1.17. The van der Waals surface area contributed by atoms with Crippen molar-refractivity contribution >= 4 is 11.3 Å². The van der Waals surface area contributed by atoms with Crippen LogP contribution in [0.5, 0.6) is 0 Å². The van der Waals surface area contributed by atoms with E-state index < -0.39 is 0 Å². The van der Waals surface area contributed by atoms with Gasteiger partial charge in [-0.3, -0.25) is 9.58 Å². The standard InChI is InChI=1S/C16H21N3OS/c1-2-13(1)11-20-16-9-18(7-14-4-6-21-12-14)8-15-3-5-17-19(15)10-16/h3-6,12-13,16H,1-2,7-11H2. The third-order valence-electron chi connectivity index (χ3n) is 4.28. The molecule has 0 saturated heterocycles. The Bertz CT molecular complexity index is 576. The first kappa shape index (κ1) is 13.5. The van der Waals surface area contributed by atoms with E-state index in [9.17, 15) is 0 Å². The summed E-state index contributed by atoms with van der Waals surface area (Å²) in [5.74, 6) is 0.815. The molecule has 4 nitrogen and oxygen atoms in total. The Morgan fingerprint density at radius 1 is 1.29 bits per heavy atom. The van der Waals surface area contributed by atoms with Crippen molar-refractivity contribution in [1.29, 1.82) is 0 Å². The second-order valence-corrected chi connectivity index (χ2v) is 6.98. The molecular weight excluding hydrogens is 282 g/mol. The van der Waals surface area contributed by atoms with E-state index in [1.165, 1.54) is 24.1 Å². The zero-order valence-electron chi connectivity index (χ0n) is 12.1. The van der Waals surface area contributed by atoms with Gasteiger partial charge in [-0.05, 0) is 47.2 Å². The van der Waals surface area contributed by atoms with Gasteiger partial charge in [0.1, 0.15) is 0 Å². The molecule has 1 aliphatic carbocycles. The number of aromatic nitrogens is 2. The first-order valence-electron chi connectivity index (χ1n) is 7.72. The van der Waals surface area contributed by atoms with Crippen molar-refractivity contribution in [3.8, 4) is 0 Å². The molecule has 3 heterocycles. The SMILES string of the molecule is c1cc2n(n1)CC(OCC1CC1)CN(Cc1ccsc1)C2. The van der Waals surface area contributed by atoms with Crippen molar-refractivity contribution in [3.05, 3.63) is 40.3 Å². The summed E-state index contributed by atoms with van der Waals surface area (Å²) in [6.07, 6.45) is 4.85. The van der Waals surface area contributed by atoms with Crippen LogP contribution in [-0.2, 0) is 24.4 Å². The highest BCUT2D eigenvalue weighted by atomic mass is 32.1. The predicted octanol–water partition coefficient (Wildman–Crippen LogP) is 2.76. The molecule has 2 aromatic rings. The highest BCUT2D eigenvalue weighted by molar-refractivity contribution is 7.07. The average molecular weight is 303 g/mol. The van der Waals surface area contributed by atoms with Gasteiger partial charge >= 0.3 is 0 Å². The van der Waals surface area contributed by atoms with E-state index in [0.717, 1.165) is 38.7 Å². The summed E-state index contributed by atoms with van der Waals surface area (Å²) in [6.45, 7) is 4.76. The van der Waals surface area contributed by atoms with Crippen LogP contribution in [0.4, 0.5) is 0 Å². The molecule has 0 amide bonds. The quantitative estimate of drug-likeness (QED) is 0.851. The molecule has 2 aromatic heterocycles. The van der Waals surface area contributed by atoms with Crippen LogP contribution in [0.25, 0.3) is 0 Å². The van der Waals surface area contributed by atoms with Crippen LogP contribution in [0.1, 0.15) is 24.1 Å². The van der Waals surface area contributed by atoms with Crippen LogP contribution >= 0.6 is 11.3 Å². The van der Waals surface area contributed by atoms with Gasteiger partial charge in [0.05, 0.1) is 18.3 Å². The molecule has 0 N–H and O–H groups in total. The van der Waals surface area contributed by atoms with Crippen molar-refractivity contribution < 1.29 is 4.74 Å². The van der Waals surface area contributed by atoms with E-state index in [0.29, 0.717) is 0 Å². The smallest absolute Gasteiger partial charge is 0.0897 e. The maximum atomic E-state index is 6.16. The minimum absolute atomic E-state index is 0.255. The molecule has 4 rings (SSSR count). The lowest BCUT2D eigenvalue weighted by Gasteiger charge is -2.23. The summed E-state index contributed by atoms with van der Waals surface area (Å²) in [7, 11) is 0. The number of hydrogen-bond acceptors (Lipinski definition) is 4. The fraction of sp³-hybridized carbons (Fsp3) is 0.562. The lowest BCUT2D eigenvalue weighted by molar-refractivity contribution is 0.0123. The van der Waals surface area contributed by atoms with Gasteiger partial charge in [0.15, 0.2) is 0 Å². The van der Waals surface area contributed by atoms with Crippen molar-refractivity contribution in [2.45, 2.75) is 38.6 Å². The Kier molecular flexibility index (Phi) is 3.80. The molecule has 1 unspecified atom stereocenters. The minimum Gasteiger partial charge on any atom is -0.375 e. The van der Waals surface area contributed by atoms with Crippen molar-refractivity contribution in [2.75, 3.05) is 13.2 Å². The zero-order chi connectivity index (χ0) is 14.1. The molecule has 5 heteroatoms. The first-order chi connectivity index (χ1) is 10.4. The maximum Gasteiger partial charge on any atom is 0.0897 e. The molecule has 1 atom stereocenters. The highest BCUT2D eigenvalue weighted by Gasteiger charge is 2.27. The number of nitrogens with zero attached hydrogens (tertiary/aromatic N) is 3. The molecule has 1 aliphatic heterocycles. The maximum absolute atomic E-state index is 6.16. The lowest BCUT2D eigenvalue weighted by atomic mass is 10.2. The van der Waals surface area contributed by atoms with E-state index >= 15 is 0 Å². The van der Waals surface area contributed by atoms with Gasteiger partial charge in [-0.25, -0.2) is 0 Å². The molecular formula is C16H21N3OS. The van der Waals surface area contributed by atoms with Crippen molar-refractivity contribution in [3.63, 3.8) is 0 Å². The second kappa shape index (κ2) is 5.91. The van der Waals surface area contributed by atoms with Gasteiger partial charge in [0.2, 0.25) is 0 Å². The summed E-state index contributed by atoms with van der Waals surface area (Å²) < 4.78 is 8.28. The number of ether oxygens (including phenoxy) is 1. The number of thiophene rings is 1. The Labute approximate surface area is 129 Å². The molecule has 1 saturated carbocycles. The predicted molar refractivity (Wildman–Crippen MR) is 83.1 cm³/mol. The Morgan fingerprint density at radius 3 is 3.05 bits per heavy atom. The van der Waals surface area contributed by atoms with Crippen LogP contribution in [0, 0.1) is 5.92 Å². The molecule has 2 aliphatic rings. The zero-order valence-corrected chi connectivity index (χ0v) is 13.0. The number of hydrogen-bond donors (Lipinski definition) is 0. The fourth-order valence-electron chi connectivity index (χ4n) is 2.91. The lowest BCUT2D eigenvalue weighted by Crippen LogP contribution is -2.33. The van der Waals surface area contributed by atoms with E-state index in [1.807, 2.05) is 6.20 Å². The second-order valence-electron chi connectivity index (χ2n) is 6.20. The topological polar surface area (TPSA) is 30.3 Å². The molecule has 0 aromatic carbocycles. The highest BCUT2D eigenvalue weighted by Crippen LogP contribution is 2.29. The van der Waals surface area contributed by atoms with Crippen LogP contribution in [0.3, 0.4) is 0 Å². The molecule has 0 bridgehead atoms. The average Bonchev–Trinajstić information content (AvgIpc) is 3.05. The normalized spacial score (nSPS) is 23.0. The van der Waals surface area contributed by atoms with E-state index in [4.69, 9.17) is 4.74 Å². The molecule has 0 radical (unpaired) electrons. The third-order valence-corrected chi connectivity index (χ3v) is 5.01. The van der Waals surface area contributed by atoms with Gasteiger partial charge < -0.3 is 4.74 Å². The Morgan fingerprint density at radius 2 is 2.24 bits per heavy atom. The summed E-state index contributed by atoms with van der Waals surface area (Å²) >= 11 is 1.77. The number of rotatable bonds is 5. The Balaban J connectivity index is 1.47. The van der Waals surface area contributed by atoms with E-state index in [-0.39, 0.29) is 6.10 Å².